The standard InChI is InChI=1S/C23H27N3O4S/c1-12(2)18-11-31-22(26-18)16-9-20(30-14-8-17(24-10-14)23(27)29-5)15-6-7-19(28-4)13(3)21(15)25-16/h6-7,9,11-12,14,17,24H,8,10H2,1-5H3/t14?,17-/m0/s1. The highest BCUT2D eigenvalue weighted by atomic mass is 32.1. The van der Waals surface area contributed by atoms with Crippen molar-refractivity contribution in [1.29, 1.82) is 0 Å². The molecular formula is C23H27N3O4S. The molecule has 0 spiro atoms. The third-order valence-corrected chi connectivity index (χ3v) is 6.45. The molecule has 7 nitrogen and oxygen atoms in total. The zero-order valence-electron chi connectivity index (χ0n) is 18.4. The summed E-state index contributed by atoms with van der Waals surface area (Å²) in [4.78, 5) is 21.6. The molecule has 1 N–H and O–H groups in total. The van der Waals surface area contributed by atoms with Crippen molar-refractivity contribution in [2.24, 2.45) is 0 Å². The predicted molar refractivity (Wildman–Crippen MR) is 121 cm³/mol. The average molecular weight is 442 g/mol. The molecule has 2 atom stereocenters. The fraction of sp³-hybridized carbons (Fsp3) is 0.435. The number of carbonyl (C=O) groups is 1. The molecule has 1 aromatic carbocycles. The van der Waals surface area contributed by atoms with Crippen molar-refractivity contribution < 1.29 is 19.0 Å². The Kier molecular flexibility index (Phi) is 6.11. The van der Waals surface area contributed by atoms with Gasteiger partial charge in [-0.2, -0.15) is 0 Å². The van der Waals surface area contributed by atoms with Crippen molar-refractivity contribution in [3.05, 3.63) is 34.8 Å². The van der Waals surface area contributed by atoms with Crippen LogP contribution in [0.4, 0.5) is 0 Å². The molecule has 3 heterocycles. The third-order valence-electron chi connectivity index (χ3n) is 5.57. The molecule has 0 radical (unpaired) electrons. The van der Waals surface area contributed by atoms with Crippen molar-refractivity contribution >= 4 is 28.2 Å². The molecule has 2 aromatic heterocycles. The molecule has 0 bridgehead atoms. The summed E-state index contributed by atoms with van der Waals surface area (Å²) < 4.78 is 16.7. The third kappa shape index (κ3) is 4.22. The Morgan fingerprint density at radius 2 is 2.03 bits per heavy atom. The van der Waals surface area contributed by atoms with Gasteiger partial charge in [-0.05, 0) is 25.0 Å². The number of aryl methyl sites for hydroxylation is 1. The number of benzene rings is 1. The Bertz CT molecular complexity index is 1110. The lowest BCUT2D eigenvalue weighted by Crippen LogP contribution is -2.31. The highest BCUT2D eigenvalue weighted by Gasteiger charge is 2.32. The molecular weight excluding hydrogens is 414 g/mol. The Morgan fingerprint density at radius 1 is 1.23 bits per heavy atom. The first kappa shape index (κ1) is 21.5. The highest BCUT2D eigenvalue weighted by Crippen LogP contribution is 2.37. The van der Waals surface area contributed by atoms with Crippen LogP contribution >= 0.6 is 11.3 Å². The summed E-state index contributed by atoms with van der Waals surface area (Å²) in [6, 6.07) is 5.49. The molecule has 0 amide bonds. The van der Waals surface area contributed by atoms with E-state index in [1.807, 2.05) is 25.1 Å². The molecule has 1 saturated heterocycles. The zero-order chi connectivity index (χ0) is 22.1. The van der Waals surface area contributed by atoms with E-state index in [1.165, 1.54) is 7.11 Å². The molecule has 1 aliphatic heterocycles. The fourth-order valence-corrected chi connectivity index (χ4v) is 4.71. The number of methoxy groups -OCH3 is 2. The molecule has 8 heteroatoms. The van der Waals surface area contributed by atoms with Gasteiger partial charge in [0, 0.05) is 35.4 Å². The van der Waals surface area contributed by atoms with Crippen LogP contribution in [0, 0.1) is 6.92 Å². The average Bonchev–Trinajstić information content (AvgIpc) is 3.44. The van der Waals surface area contributed by atoms with Gasteiger partial charge in [0.05, 0.1) is 25.4 Å². The minimum Gasteiger partial charge on any atom is -0.496 e. The van der Waals surface area contributed by atoms with E-state index in [9.17, 15) is 4.79 Å². The maximum Gasteiger partial charge on any atom is 0.323 e. The minimum absolute atomic E-state index is 0.146. The summed E-state index contributed by atoms with van der Waals surface area (Å²) in [5.74, 6) is 1.58. The van der Waals surface area contributed by atoms with E-state index in [-0.39, 0.29) is 18.1 Å². The lowest BCUT2D eigenvalue weighted by molar-refractivity contribution is -0.142. The zero-order valence-corrected chi connectivity index (χ0v) is 19.2. The van der Waals surface area contributed by atoms with Crippen molar-refractivity contribution in [2.75, 3.05) is 20.8 Å². The maximum absolute atomic E-state index is 11.9. The van der Waals surface area contributed by atoms with Gasteiger partial charge in [0.1, 0.15) is 34.3 Å². The topological polar surface area (TPSA) is 82.6 Å². The van der Waals surface area contributed by atoms with E-state index in [0.717, 1.165) is 44.4 Å². The Hall–Kier alpha value is -2.71. The number of hydrogen-bond donors (Lipinski definition) is 1. The monoisotopic (exact) mass is 441 g/mol. The second-order valence-electron chi connectivity index (χ2n) is 7.99. The summed E-state index contributed by atoms with van der Waals surface area (Å²) in [6.45, 7) is 6.82. The van der Waals surface area contributed by atoms with E-state index in [4.69, 9.17) is 24.2 Å². The van der Waals surface area contributed by atoms with Crippen molar-refractivity contribution in [2.45, 2.75) is 45.3 Å². The second kappa shape index (κ2) is 8.80. The number of fused-ring (bicyclic) bond motifs is 1. The van der Waals surface area contributed by atoms with Crippen LogP contribution in [-0.2, 0) is 9.53 Å². The lowest BCUT2D eigenvalue weighted by atomic mass is 10.1. The highest BCUT2D eigenvalue weighted by molar-refractivity contribution is 7.13. The lowest BCUT2D eigenvalue weighted by Gasteiger charge is -2.17. The van der Waals surface area contributed by atoms with Crippen LogP contribution in [0.2, 0.25) is 0 Å². The molecule has 31 heavy (non-hydrogen) atoms. The van der Waals surface area contributed by atoms with Crippen LogP contribution in [0.5, 0.6) is 11.5 Å². The van der Waals surface area contributed by atoms with Crippen LogP contribution in [0.25, 0.3) is 21.6 Å². The summed E-state index contributed by atoms with van der Waals surface area (Å²) in [5.41, 5.74) is 3.59. The molecule has 3 aromatic rings. The van der Waals surface area contributed by atoms with Crippen LogP contribution in [0.1, 0.15) is 37.4 Å². The van der Waals surface area contributed by atoms with Gasteiger partial charge in [-0.1, -0.05) is 13.8 Å². The van der Waals surface area contributed by atoms with E-state index in [2.05, 4.69) is 24.5 Å². The molecule has 0 aliphatic carbocycles. The van der Waals surface area contributed by atoms with Crippen LogP contribution in [0.3, 0.4) is 0 Å². The SMILES string of the molecule is COC(=O)[C@@H]1CC(Oc2cc(-c3nc(C(C)C)cs3)nc3c(C)c(OC)ccc23)CN1. The van der Waals surface area contributed by atoms with Gasteiger partial charge in [0.2, 0.25) is 0 Å². The van der Waals surface area contributed by atoms with Gasteiger partial charge < -0.3 is 19.5 Å². The number of ether oxygens (including phenoxy) is 3. The summed E-state index contributed by atoms with van der Waals surface area (Å²) in [5, 5.41) is 7.01. The van der Waals surface area contributed by atoms with Crippen molar-refractivity contribution in [3.8, 4) is 22.2 Å². The minimum atomic E-state index is -0.350. The number of hydrogen-bond acceptors (Lipinski definition) is 8. The van der Waals surface area contributed by atoms with E-state index in [1.54, 1.807) is 18.4 Å². The molecule has 1 unspecified atom stereocenters. The van der Waals surface area contributed by atoms with Crippen LogP contribution < -0.4 is 14.8 Å². The second-order valence-corrected chi connectivity index (χ2v) is 8.84. The smallest absolute Gasteiger partial charge is 0.323 e. The Balaban J connectivity index is 1.75. The molecule has 1 fully saturated rings. The Labute approximate surface area is 185 Å². The largest absolute Gasteiger partial charge is 0.496 e. The molecule has 0 saturated carbocycles. The van der Waals surface area contributed by atoms with E-state index < -0.39 is 0 Å². The number of nitrogens with zero attached hydrogens (tertiary/aromatic N) is 2. The van der Waals surface area contributed by atoms with Crippen LogP contribution in [-0.4, -0.2) is 48.8 Å². The van der Waals surface area contributed by atoms with Gasteiger partial charge in [-0.25, -0.2) is 9.97 Å². The molecule has 1 aliphatic rings. The number of esters is 1. The van der Waals surface area contributed by atoms with Gasteiger partial charge >= 0.3 is 5.97 Å². The van der Waals surface area contributed by atoms with Gasteiger partial charge in [-0.3, -0.25) is 4.79 Å². The fourth-order valence-electron chi connectivity index (χ4n) is 3.77. The normalized spacial score (nSPS) is 18.5. The number of nitrogens with one attached hydrogen (secondary N) is 1. The van der Waals surface area contributed by atoms with E-state index >= 15 is 0 Å². The number of carbonyl (C=O) groups excluding carboxylic acids is 1. The Morgan fingerprint density at radius 3 is 2.71 bits per heavy atom. The van der Waals surface area contributed by atoms with Gasteiger partial charge in [-0.15, -0.1) is 11.3 Å². The first-order valence-electron chi connectivity index (χ1n) is 10.3. The van der Waals surface area contributed by atoms with Crippen molar-refractivity contribution in [3.63, 3.8) is 0 Å². The number of aromatic nitrogens is 2. The predicted octanol–water partition coefficient (Wildman–Crippen LogP) is 4.08. The summed E-state index contributed by atoms with van der Waals surface area (Å²) in [6.07, 6.45) is 0.405. The summed E-state index contributed by atoms with van der Waals surface area (Å²) >= 11 is 1.58. The first-order chi connectivity index (χ1) is 14.9. The quantitative estimate of drug-likeness (QED) is 0.577. The summed E-state index contributed by atoms with van der Waals surface area (Å²) in [7, 11) is 3.05. The number of thiazole rings is 1. The van der Waals surface area contributed by atoms with E-state index in [0.29, 0.717) is 18.9 Å². The molecule has 164 valence electrons. The van der Waals surface area contributed by atoms with Crippen molar-refractivity contribution in [1.82, 2.24) is 15.3 Å². The molecule has 4 rings (SSSR count). The first-order valence-corrected chi connectivity index (χ1v) is 11.2. The number of pyridine rings is 1. The van der Waals surface area contributed by atoms with Gasteiger partial charge in [0.25, 0.3) is 0 Å². The van der Waals surface area contributed by atoms with Gasteiger partial charge in [0.15, 0.2) is 0 Å². The number of rotatable bonds is 6. The maximum atomic E-state index is 11.9. The van der Waals surface area contributed by atoms with Crippen LogP contribution in [0.15, 0.2) is 23.6 Å².